The summed E-state index contributed by atoms with van der Waals surface area (Å²) < 4.78 is 0.925. The van der Waals surface area contributed by atoms with E-state index in [0.717, 1.165) is 4.47 Å². The number of carbonyl (C=O) groups excluding carboxylic acids is 1. The number of carbonyl (C=O) groups is 1. The van der Waals surface area contributed by atoms with Crippen molar-refractivity contribution in [2.24, 2.45) is 0 Å². The van der Waals surface area contributed by atoms with Crippen molar-refractivity contribution in [1.29, 1.82) is 0 Å². The molecule has 1 N–H and O–H groups in total. The summed E-state index contributed by atoms with van der Waals surface area (Å²) in [4.78, 5) is 22.0. The molecule has 2 aromatic rings. The molecule has 6 heteroatoms. The van der Waals surface area contributed by atoms with Gasteiger partial charge in [0.15, 0.2) is 0 Å². The van der Waals surface area contributed by atoms with Crippen LogP contribution in [0, 0.1) is 10.1 Å². The normalized spacial score (nSPS) is 10.1. The first kappa shape index (κ1) is 14.2. The van der Waals surface area contributed by atoms with Crippen molar-refractivity contribution >= 4 is 33.2 Å². The molecule has 2 aromatic carbocycles. The van der Waals surface area contributed by atoms with E-state index in [1.54, 1.807) is 24.3 Å². The Hall–Kier alpha value is -2.21. The first-order chi connectivity index (χ1) is 9.54. The summed E-state index contributed by atoms with van der Waals surface area (Å²) in [6.07, 6.45) is 0.0950. The van der Waals surface area contributed by atoms with Gasteiger partial charge in [-0.25, -0.2) is 0 Å². The predicted octanol–water partition coefficient (Wildman–Crippen LogP) is 3.54. The highest BCUT2D eigenvalue weighted by atomic mass is 79.9. The van der Waals surface area contributed by atoms with E-state index in [9.17, 15) is 14.9 Å². The lowest BCUT2D eigenvalue weighted by atomic mass is 10.1. The number of rotatable bonds is 4. The first-order valence-corrected chi connectivity index (χ1v) is 6.62. The molecular formula is C14H11BrN2O3. The van der Waals surface area contributed by atoms with Crippen LogP contribution in [0.15, 0.2) is 53.0 Å². The lowest BCUT2D eigenvalue weighted by molar-refractivity contribution is -0.384. The fourth-order valence-electron chi connectivity index (χ4n) is 1.70. The van der Waals surface area contributed by atoms with Crippen molar-refractivity contribution in [1.82, 2.24) is 0 Å². The van der Waals surface area contributed by atoms with Crippen molar-refractivity contribution in [3.05, 3.63) is 68.7 Å². The van der Waals surface area contributed by atoms with Crippen LogP contribution in [0.2, 0.25) is 0 Å². The second kappa shape index (κ2) is 6.29. The third-order valence-corrected chi connectivity index (χ3v) is 3.14. The Bertz CT molecular complexity index is 641. The summed E-state index contributed by atoms with van der Waals surface area (Å²) in [5.74, 6) is -0.215. The van der Waals surface area contributed by atoms with E-state index in [1.807, 2.05) is 12.1 Å². The van der Waals surface area contributed by atoms with Gasteiger partial charge in [0.25, 0.3) is 5.69 Å². The smallest absolute Gasteiger partial charge is 0.269 e. The maximum Gasteiger partial charge on any atom is 0.269 e. The van der Waals surface area contributed by atoms with Crippen LogP contribution in [-0.2, 0) is 11.2 Å². The third-order valence-electron chi connectivity index (χ3n) is 2.61. The molecule has 102 valence electrons. The van der Waals surface area contributed by atoms with E-state index in [4.69, 9.17) is 0 Å². The second-order valence-corrected chi connectivity index (χ2v) is 5.07. The van der Waals surface area contributed by atoms with E-state index in [1.165, 1.54) is 12.1 Å². The zero-order chi connectivity index (χ0) is 14.5. The number of non-ortho nitro benzene ring substituents is 1. The summed E-state index contributed by atoms with van der Waals surface area (Å²) in [5, 5.41) is 13.4. The molecule has 0 spiro atoms. The molecule has 0 heterocycles. The average Bonchev–Trinajstić information content (AvgIpc) is 2.41. The van der Waals surface area contributed by atoms with Crippen LogP contribution in [0.25, 0.3) is 0 Å². The topological polar surface area (TPSA) is 72.2 Å². The highest BCUT2D eigenvalue weighted by molar-refractivity contribution is 9.10. The first-order valence-electron chi connectivity index (χ1n) is 5.83. The molecule has 1 amide bonds. The lowest BCUT2D eigenvalue weighted by Gasteiger charge is -2.05. The van der Waals surface area contributed by atoms with Crippen molar-refractivity contribution in [2.75, 3.05) is 5.32 Å². The predicted molar refractivity (Wildman–Crippen MR) is 79.6 cm³/mol. The number of hydrogen-bond acceptors (Lipinski definition) is 3. The van der Waals surface area contributed by atoms with Crippen molar-refractivity contribution < 1.29 is 9.72 Å². The lowest BCUT2D eigenvalue weighted by Crippen LogP contribution is -2.14. The standard InChI is InChI=1S/C14H11BrN2O3/c15-11-4-6-12(7-5-11)16-14(18)9-10-2-1-3-13(8-10)17(19)20/h1-8H,9H2,(H,16,18). The number of anilines is 1. The van der Waals surface area contributed by atoms with E-state index in [2.05, 4.69) is 21.2 Å². The molecular weight excluding hydrogens is 324 g/mol. The van der Waals surface area contributed by atoms with E-state index >= 15 is 0 Å². The molecule has 0 unspecified atom stereocenters. The molecule has 0 saturated heterocycles. The maximum absolute atomic E-state index is 11.9. The van der Waals surface area contributed by atoms with Gasteiger partial charge in [-0.05, 0) is 29.8 Å². The van der Waals surface area contributed by atoms with Gasteiger partial charge in [-0.15, -0.1) is 0 Å². The number of nitro benzene ring substituents is 1. The number of halogens is 1. The van der Waals surface area contributed by atoms with E-state index < -0.39 is 4.92 Å². The summed E-state index contributed by atoms with van der Waals surface area (Å²) in [5.41, 5.74) is 1.27. The van der Waals surface area contributed by atoms with Crippen molar-refractivity contribution in [3.63, 3.8) is 0 Å². The minimum absolute atomic E-state index is 0.0149. The average molecular weight is 335 g/mol. The Kier molecular flexibility index (Phi) is 4.47. The third kappa shape index (κ3) is 3.89. The van der Waals surface area contributed by atoms with Gasteiger partial charge in [-0.1, -0.05) is 28.1 Å². The Morgan fingerprint density at radius 1 is 1.20 bits per heavy atom. The van der Waals surface area contributed by atoms with Crippen molar-refractivity contribution in [3.8, 4) is 0 Å². The summed E-state index contributed by atoms with van der Waals surface area (Å²) in [6, 6.07) is 13.3. The maximum atomic E-state index is 11.9. The van der Waals surface area contributed by atoms with Crippen LogP contribution in [-0.4, -0.2) is 10.8 Å². The number of amides is 1. The van der Waals surface area contributed by atoms with Gasteiger partial charge in [-0.2, -0.15) is 0 Å². The molecule has 20 heavy (non-hydrogen) atoms. The number of hydrogen-bond donors (Lipinski definition) is 1. The molecule has 0 aliphatic carbocycles. The van der Waals surface area contributed by atoms with Gasteiger partial charge < -0.3 is 5.32 Å². The molecule has 0 radical (unpaired) electrons. The Morgan fingerprint density at radius 3 is 2.55 bits per heavy atom. The highest BCUT2D eigenvalue weighted by Crippen LogP contribution is 2.16. The number of nitrogens with zero attached hydrogens (tertiary/aromatic N) is 1. The van der Waals surface area contributed by atoms with Crippen molar-refractivity contribution in [2.45, 2.75) is 6.42 Å². The largest absolute Gasteiger partial charge is 0.326 e. The Morgan fingerprint density at radius 2 is 1.90 bits per heavy atom. The fraction of sp³-hybridized carbons (Fsp3) is 0.0714. The van der Waals surface area contributed by atoms with Gasteiger partial charge in [0, 0.05) is 22.3 Å². The molecule has 5 nitrogen and oxygen atoms in total. The summed E-state index contributed by atoms with van der Waals surface area (Å²) in [7, 11) is 0. The Balaban J connectivity index is 2.02. The van der Waals surface area contributed by atoms with Crippen LogP contribution in [0.1, 0.15) is 5.56 Å². The number of nitrogens with one attached hydrogen (secondary N) is 1. The minimum atomic E-state index is -0.476. The van der Waals surface area contributed by atoms with Gasteiger partial charge in [0.05, 0.1) is 11.3 Å². The van der Waals surface area contributed by atoms with E-state index in [-0.39, 0.29) is 18.0 Å². The van der Waals surface area contributed by atoms with E-state index in [0.29, 0.717) is 11.3 Å². The quantitative estimate of drug-likeness (QED) is 0.686. The monoisotopic (exact) mass is 334 g/mol. The molecule has 0 bridgehead atoms. The molecule has 0 saturated carbocycles. The zero-order valence-corrected chi connectivity index (χ0v) is 12.0. The highest BCUT2D eigenvalue weighted by Gasteiger charge is 2.09. The molecule has 0 aliphatic rings. The van der Waals surface area contributed by atoms with Crippen LogP contribution >= 0.6 is 15.9 Å². The number of benzene rings is 2. The SMILES string of the molecule is O=C(Cc1cccc([N+](=O)[O-])c1)Nc1ccc(Br)cc1. The molecule has 0 atom stereocenters. The molecule has 0 aromatic heterocycles. The van der Waals surface area contributed by atoms with Crippen LogP contribution in [0.5, 0.6) is 0 Å². The fourth-order valence-corrected chi connectivity index (χ4v) is 1.97. The number of nitro groups is 1. The van der Waals surface area contributed by atoms with Crippen LogP contribution in [0.4, 0.5) is 11.4 Å². The second-order valence-electron chi connectivity index (χ2n) is 4.16. The van der Waals surface area contributed by atoms with Crippen LogP contribution < -0.4 is 5.32 Å². The summed E-state index contributed by atoms with van der Waals surface area (Å²) in [6.45, 7) is 0. The molecule has 0 aliphatic heterocycles. The van der Waals surface area contributed by atoms with Gasteiger partial charge >= 0.3 is 0 Å². The summed E-state index contributed by atoms with van der Waals surface area (Å²) >= 11 is 3.31. The minimum Gasteiger partial charge on any atom is -0.326 e. The van der Waals surface area contributed by atoms with Crippen LogP contribution in [0.3, 0.4) is 0 Å². The zero-order valence-electron chi connectivity index (χ0n) is 10.4. The van der Waals surface area contributed by atoms with Gasteiger partial charge in [0.2, 0.25) is 5.91 Å². The Labute approximate surface area is 123 Å². The van der Waals surface area contributed by atoms with Gasteiger partial charge in [-0.3, -0.25) is 14.9 Å². The van der Waals surface area contributed by atoms with Gasteiger partial charge in [0.1, 0.15) is 0 Å². The molecule has 2 rings (SSSR count). The molecule has 0 fully saturated rings.